The summed E-state index contributed by atoms with van der Waals surface area (Å²) in [4.78, 5) is 13.3. The minimum Gasteiger partial charge on any atom is -0.480 e. The first-order valence-electron chi connectivity index (χ1n) is 5.88. The fourth-order valence-corrected chi connectivity index (χ4v) is 2.29. The number of aliphatic hydroxyl groups excluding tert-OH is 1. The summed E-state index contributed by atoms with van der Waals surface area (Å²) in [5.41, 5.74) is 0.802. The molecule has 0 aromatic heterocycles. The molecule has 1 aliphatic heterocycles. The minimum atomic E-state index is -0.826. The molecular weight excluding hydrogens is 218 g/mol. The molecule has 2 rings (SSSR count). The summed E-state index contributed by atoms with van der Waals surface area (Å²) >= 11 is 0. The number of rotatable bonds is 3. The Morgan fingerprint density at radius 1 is 1.24 bits per heavy atom. The number of hydrogen-bond acceptors (Lipinski definition) is 3. The van der Waals surface area contributed by atoms with E-state index in [-0.39, 0.29) is 6.10 Å². The van der Waals surface area contributed by atoms with Crippen molar-refractivity contribution in [3.8, 4) is 0 Å². The molecule has 1 aromatic rings. The molecular formula is C13H17NO3. The van der Waals surface area contributed by atoms with Crippen LogP contribution in [-0.2, 0) is 4.79 Å². The summed E-state index contributed by atoms with van der Waals surface area (Å²) in [5.74, 6) is -0.826. The van der Waals surface area contributed by atoms with Crippen LogP contribution in [0.3, 0.4) is 0 Å². The van der Waals surface area contributed by atoms with E-state index in [1.807, 2.05) is 35.2 Å². The van der Waals surface area contributed by atoms with Crippen LogP contribution >= 0.6 is 0 Å². The maximum absolute atomic E-state index is 11.4. The molecule has 0 radical (unpaired) electrons. The second-order valence-electron chi connectivity index (χ2n) is 4.42. The highest BCUT2D eigenvalue weighted by atomic mass is 16.4. The number of carbonyl (C=O) groups is 1. The first-order chi connectivity index (χ1) is 8.18. The fraction of sp³-hybridized carbons (Fsp3) is 0.462. The number of aliphatic hydroxyl groups is 1. The van der Waals surface area contributed by atoms with Crippen molar-refractivity contribution < 1.29 is 15.0 Å². The van der Waals surface area contributed by atoms with Gasteiger partial charge in [-0.15, -0.1) is 0 Å². The van der Waals surface area contributed by atoms with E-state index in [1.54, 1.807) is 0 Å². The van der Waals surface area contributed by atoms with Crippen LogP contribution in [0.5, 0.6) is 0 Å². The van der Waals surface area contributed by atoms with E-state index in [2.05, 4.69) is 0 Å². The Kier molecular flexibility index (Phi) is 3.76. The third kappa shape index (κ3) is 2.84. The van der Waals surface area contributed by atoms with Gasteiger partial charge < -0.3 is 10.2 Å². The van der Waals surface area contributed by atoms with Crippen molar-refractivity contribution in [3.05, 3.63) is 35.9 Å². The van der Waals surface area contributed by atoms with E-state index in [0.29, 0.717) is 25.9 Å². The van der Waals surface area contributed by atoms with Crippen LogP contribution in [0.2, 0.25) is 0 Å². The van der Waals surface area contributed by atoms with Gasteiger partial charge in [0, 0.05) is 13.1 Å². The Morgan fingerprint density at radius 2 is 1.82 bits per heavy atom. The zero-order valence-electron chi connectivity index (χ0n) is 9.62. The van der Waals surface area contributed by atoms with E-state index >= 15 is 0 Å². The summed E-state index contributed by atoms with van der Waals surface area (Å²) in [6, 6.07) is 8.66. The molecule has 2 N–H and O–H groups in total. The lowest BCUT2D eigenvalue weighted by atomic mass is 10.0. The van der Waals surface area contributed by atoms with Gasteiger partial charge in [-0.2, -0.15) is 0 Å². The summed E-state index contributed by atoms with van der Waals surface area (Å²) in [6.45, 7) is 1.26. The summed E-state index contributed by atoms with van der Waals surface area (Å²) in [6.07, 6.45) is 1.02. The molecule has 1 fully saturated rings. The number of piperidine rings is 1. The predicted octanol–water partition coefficient (Wildman–Crippen LogP) is 1.27. The molecule has 4 nitrogen and oxygen atoms in total. The van der Waals surface area contributed by atoms with E-state index in [1.165, 1.54) is 0 Å². The van der Waals surface area contributed by atoms with Crippen LogP contribution < -0.4 is 0 Å². The summed E-state index contributed by atoms with van der Waals surface area (Å²) in [5, 5.41) is 18.8. The topological polar surface area (TPSA) is 60.8 Å². The molecule has 0 aliphatic carbocycles. The van der Waals surface area contributed by atoms with Gasteiger partial charge in [0.1, 0.15) is 6.04 Å². The Morgan fingerprint density at radius 3 is 2.35 bits per heavy atom. The van der Waals surface area contributed by atoms with Crippen LogP contribution in [-0.4, -0.2) is 40.3 Å². The van der Waals surface area contributed by atoms with Crippen molar-refractivity contribution in [1.29, 1.82) is 0 Å². The Bertz CT molecular complexity index is 372. The van der Waals surface area contributed by atoms with Gasteiger partial charge >= 0.3 is 5.97 Å². The predicted molar refractivity (Wildman–Crippen MR) is 63.6 cm³/mol. The number of aliphatic carboxylic acids is 1. The molecule has 0 bridgehead atoms. The largest absolute Gasteiger partial charge is 0.480 e. The molecule has 0 spiro atoms. The zero-order valence-corrected chi connectivity index (χ0v) is 9.62. The lowest BCUT2D eigenvalue weighted by Gasteiger charge is -2.34. The Hall–Kier alpha value is -1.39. The molecule has 1 heterocycles. The molecule has 17 heavy (non-hydrogen) atoms. The van der Waals surface area contributed by atoms with Gasteiger partial charge in [0.2, 0.25) is 0 Å². The SMILES string of the molecule is O=C(O)C(c1ccccc1)N1CCC(O)CC1. The van der Waals surface area contributed by atoms with Gasteiger partial charge in [-0.3, -0.25) is 9.69 Å². The smallest absolute Gasteiger partial charge is 0.325 e. The van der Waals surface area contributed by atoms with Gasteiger partial charge in [-0.1, -0.05) is 30.3 Å². The third-order valence-corrected chi connectivity index (χ3v) is 3.21. The van der Waals surface area contributed by atoms with Crippen LogP contribution in [0.15, 0.2) is 30.3 Å². The van der Waals surface area contributed by atoms with E-state index in [9.17, 15) is 15.0 Å². The van der Waals surface area contributed by atoms with E-state index < -0.39 is 12.0 Å². The van der Waals surface area contributed by atoms with Crippen molar-refractivity contribution in [3.63, 3.8) is 0 Å². The van der Waals surface area contributed by atoms with Crippen molar-refractivity contribution in [1.82, 2.24) is 4.90 Å². The molecule has 0 amide bonds. The standard InChI is InChI=1S/C13H17NO3/c15-11-6-8-14(9-7-11)12(13(16)17)10-4-2-1-3-5-10/h1-5,11-12,15H,6-9H2,(H,16,17). The van der Waals surface area contributed by atoms with Gasteiger partial charge in [-0.05, 0) is 18.4 Å². The molecule has 1 saturated heterocycles. The second kappa shape index (κ2) is 5.29. The number of nitrogens with zero attached hydrogens (tertiary/aromatic N) is 1. The van der Waals surface area contributed by atoms with Gasteiger partial charge in [0.25, 0.3) is 0 Å². The van der Waals surface area contributed by atoms with Crippen LogP contribution in [0.1, 0.15) is 24.4 Å². The number of hydrogen-bond donors (Lipinski definition) is 2. The van der Waals surface area contributed by atoms with Crippen molar-refractivity contribution in [2.75, 3.05) is 13.1 Å². The van der Waals surface area contributed by atoms with Gasteiger partial charge in [-0.25, -0.2) is 0 Å². The average molecular weight is 235 g/mol. The van der Waals surface area contributed by atoms with Gasteiger partial charge in [0.05, 0.1) is 6.10 Å². The lowest BCUT2D eigenvalue weighted by Crippen LogP contribution is -2.41. The highest BCUT2D eigenvalue weighted by molar-refractivity contribution is 5.75. The van der Waals surface area contributed by atoms with Gasteiger partial charge in [0.15, 0.2) is 0 Å². The van der Waals surface area contributed by atoms with E-state index in [0.717, 1.165) is 5.56 Å². The lowest BCUT2D eigenvalue weighted by molar-refractivity contribution is -0.144. The highest BCUT2D eigenvalue weighted by Crippen LogP contribution is 2.24. The molecule has 1 aromatic carbocycles. The van der Waals surface area contributed by atoms with E-state index in [4.69, 9.17) is 0 Å². The number of benzene rings is 1. The maximum Gasteiger partial charge on any atom is 0.325 e. The molecule has 1 atom stereocenters. The normalized spacial score (nSPS) is 20.1. The molecule has 0 saturated carbocycles. The first kappa shape index (κ1) is 12.1. The highest BCUT2D eigenvalue weighted by Gasteiger charge is 2.30. The van der Waals surface area contributed by atoms with Crippen LogP contribution in [0.25, 0.3) is 0 Å². The summed E-state index contributed by atoms with van der Waals surface area (Å²) in [7, 11) is 0. The minimum absolute atomic E-state index is 0.281. The molecule has 1 aliphatic rings. The maximum atomic E-state index is 11.4. The Labute approximate surface area is 100 Å². The number of likely N-dealkylation sites (tertiary alicyclic amines) is 1. The molecule has 1 unspecified atom stereocenters. The zero-order chi connectivity index (χ0) is 12.3. The molecule has 92 valence electrons. The third-order valence-electron chi connectivity index (χ3n) is 3.21. The molecule has 4 heteroatoms. The summed E-state index contributed by atoms with van der Waals surface area (Å²) < 4.78 is 0. The van der Waals surface area contributed by atoms with Crippen LogP contribution in [0, 0.1) is 0 Å². The average Bonchev–Trinajstić information content (AvgIpc) is 2.33. The fourth-order valence-electron chi connectivity index (χ4n) is 2.29. The number of carboxylic acids is 1. The van der Waals surface area contributed by atoms with Crippen LogP contribution in [0.4, 0.5) is 0 Å². The van der Waals surface area contributed by atoms with Crippen molar-refractivity contribution in [2.24, 2.45) is 0 Å². The first-order valence-corrected chi connectivity index (χ1v) is 5.88. The van der Waals surface area contributed by atoms with Crippen molar-refractivity contribution in [2.45, 2.75) is 25.0 Å². The number of carboxylic acid groups (broad SMARTS) is 1. The monoisotopic (exact) mass is 235 g/mol. The Balaban J connectivity index is 2.16. The quantitative estimate of drug-likeness (QED) is 0.828. The second-order valence-corrected chi connectivity index (χ2v) is 4.42. The van der Waals surface area contributed by atoms with Crippen molar-refractivity contribution >= 4 is 5.97 Å².